The summed E-state index contributed by atoms with van der Waals surface area (Å²) in [5, 5.41) is 6.47. The molecule has 29 heavy (non-hydrogen) atoms. The SMILES string of the molecule is CCS(=O)(=O)NCCCNC(=NC)NCc1ccc(C)cc1OC1CCOC1.I. The highest BCUT2D eigenvalue weighted by Gasteiger charge is 2.18. The number of sulfonamides is 1. The summed E-state index contributed by atoms with van der Waals surface area (Å²) in [4.78, 5) is 4.21. The zero-order chi connectivity index (χ0) is 20.4. The quantitative estimate of drug-likeness (QED) is 0.181. The zero-order valence-electron chi connectivity index (χ0n) is 17.4. The molecule has 1 unspecified atom stereocenters. The predicted molar refractivity (Wildman–Crippen MR) is 127 cm³/mol. The van der Waals surface area contributed by atoms with Crippen LogP contribution in [0.1, 0.15) is 30.9 Å². The standard InChI is InChI=1S/C19H32N4O4S.HI/c1-4-28(24,25)23-10-5-9-21-19(20-3)22-13-16-7-6-15(2)12-18(16)27-17-8-11-26-14-17;/h6-7,12,17,23H,4-5,8-11,13-14H2,1-3H3,(H2,20,21,22);1H. The summed E-state index contributed by atoms with van der Waals surface area (Å²) in [5.74, 6) is 1.62. The molecule has 1 saturated heterocycles. The number of aryl methyl sites for hydroxylation is 1. The molecule has 2 rings (SSSR count). The first kappa shape index (κ1) is 25.9. The molecule has 1 aliphatic rings. The van der Waals surface area contributed by atoms with Crippen LogP contribution in [0.4, 0.5) is 0 Å². The van der Waals surface area contributed by atoms with Gasteiger partial charge in [0.2, 0.25) is 10.0 Å². The normalized spacial score (nSPS) is 16.9. The van der Waals surface area contributed by atoms with Gasteiger partial charge in [0.15, 0.2) is 5.96 Å². The Morgan fingerprint density at radius 1 is 1.31 bits per heavy atom. The van der Waals surface area contributed by atoms with Crippen molar-refractivity contribution in [1.82, 2.24) is 15.4 Å². The first-order valence-corrected chi connectivity index (χ1v) is 11.3. The van der Waals surface area contributed by atoms with Crippen molar-refractivity contribution < 1.29 is 17.9 Å². The largest absolute Gasteiger partial charge is 0.488 e. The highest BCUT2D eigenvalue weighted by Crippen LogP contribution is 2.23. The predicted octanol–water partition coefficient (Wildman–Crippen LogP) is 1.78. The second-order valence-corrected chi connectivity index (χ2v) is 8.81. The van der Waals surface area contributed by atoms with Crippen LogP contribution in [0.2, 0.25) is 0 Å². The minimum atomic E-state index is -3.14. The number of hydrogen-bond acceptors (Lipinski definition) is 5. The molecule has 1 fully saturated rings. The molecule has 0 amide bonds. The summed E-state index contributed by atoms with van der Waals surface area (Å²) in [6.07, 6.45) is 1.68. The maximum atomic E-state index is 11.4. The molecule has 166 valence electrons. The molecule has 0 saturated carbocycles. The number of nitrogens with zero attached hydrogens (tertiary/aromatic N) is 1. The Morgan fingerprint density at radius 3 is 2.76 bits per heavy atom. The molecule has 0 radical (unpaired) electrons. The fourth-order valence-corrected chi connectivity index (χ4v) is 3.39. The summed E-state index contributed by atoms with van der Waals surface area (Å²) in [6, 6.07) is 6.16. The third kappa shape index (κ3) is 9.49. The Balaban J connectivity index is 0.00000420. The van der Waals surface area contributed by atoms with E-state index in [-0.39, 0.29) is 35.8 Å². The molecule has 1 aliphatic heterocycles. The van der Waals surface area contributed by atoms with Gasteiger partial charge in [-0.2, -0.15) is 0 Å². The smallest absolute Gasteiger partial charge is 0.211 e. The van der Waals surface area contributed by atoms with E-state index in [1.54, 1.807) is 14.0 Å². The van der Waals surface area contributed by atoms with E-state index in [1.165, 1.54) is 0 Å². The Kier molecular flexibility index (Phi) is 11.8. The van der Waals surface area contributed by atoms with Gasteiger partial charge in [0.1, 0.15) is 11.9 Å². The number of aliphatic imine (C=N–C) groups is 1. The maximum absolute atomic E-state index is 11.4. The van der Waals surface area contributed by atoms with Crippen LogP contribution in [0.25, 0.3) is 0 Å². The fourth-order valence-electron chi connectivity index (χ4n) is 2.73. The van der Waals surface area contributed by atoms with Crippen LogP contribution in [0.5, 0.6) is 5.75 Å². The minimum absolute atomic E-state index is 0. The number of halogens is 1. The van der Waals surface area contributed by atoms with Gasteiger partial charge in [-0.3, -0.25) is 4.99 Å². The zero-order valence-corrected chi connectivity index (χ0v) is 20.5. The van der Waals surface area contributed by atoms with Gasteiger partial charge < -0.3 is 20.1 Å². The van der Waals surface area contributed by atoms with Crippen LogP contribution in [0, 0.1) is 6.92 Å². The number of benzene rings is 1. The summed E-state index contributed by atoms with van der Waals surface area (Å²) >= 11 is 0. The second-order valence-electron chi connectivity index (χ2n) is 6.72. The molecular weight excluding hydrogens is 507 g/mol. The maximum Gasteiger partial charge on any atom is 0.211 e. The van der Waals surface area contributed by atoms with Crippen molar-refractivity contribution in [3.8, 4) is 5.75 Å². The Hall–Kier alpha value is -1.11. The van der Waals surface area contributed by atoms with Gasteiger partial charge in [0.05, 0.1) is 19.0 Å². The molecule has 10 heteroatoms. The van der Waals surface area contributed by atoms with Crippen molar-refractivity contribution in [2.75, 3.05) is 39.1 Å². The average molecular weight is 540 g/mol. The van der Waals surface area contributed by atoms with Gasteiger partial charge in [-0.05, 0) is 31.9 Å². The third-order valence-corrected chi connectivity index (χ3v) is 5.83. The van der Waals surface area contributed by atoms with E-state index in [9.17, 15) is 8.42 Å². The average Bonchev–Trinajstić information content (AvgIpc) is 3.18. The highest BCUT2D eigenvalue weighted by molar-refractivity contribution is 14.0. The first-order valence-electron chi connectivity index (χ1n) is 9.69. The van der Waals surface area contributed by atoms with E-state index in [1.807, 2.05) is 13.0 Å². The van der Waals surface area contributed by atoms with Crippen molar-refractivity contribution in [1.29, 1.82) is 0 Å². The number of hydrogen-bond donors (Lipinski definition) is 3. The van der Waals surface area contributed by atoms with Crippen LogP contribution < -0.4 is 20.1 Å². The van der Waals surface area contributed by atoms with Crippen molar-refractivity contribution in [2.45, 2.75) is 39.3 Å². The summed E-state index contributed by atoms with van der Waals surface area (Å²) in [7, 11) is -1.43. The lowest BCUT2D eigenvalue weighted by molar-refractivity contribution is 0.140. The molecule has 0 aromatic heterocycles. The lowest BCUT2D eigenvalue weighted by Crippen LogP contribution is -2.38. The van der Waals surface area contributed by atoms with Gasteiger partial charge in [-0.15, -0.1) is 24.0 Å². The molecule has 3 N–H and O–H groups in total. The molecule has 0 bridgehead atoms. The van der Waals surface area contributed by atoms with E-state index in [4.69, 9.17) is 9.47 Å². The molecule has 1 aromatic rings. The van der Waals surface area contributed by atoms with Crippen molar-refractivity contribution >= 4 is 40.0 Å². The van der Waals surface area contributed by atoms with Gasteiger partial charge in [-0.25, -0.2) is 13.1 Å². The highest BCUT2D eigenvalue weighted by atomic mass is 127. The topological polar surface area (TPSA) is 101 Å². The van der Waals surface area contributed by atoms with E-state index >= 15 is 0 Å². The lowest BCUT2D eigenvalue weighted by Gasteiger charge is -2.18. The molecule has 0 spiro atoms. The van der Waals surface area contributed by atoms with Crippen molar-refractivity contribution in [2.24, 2.45) is 4.99 Å². The van der Waals surface area contributed by atoms with Crippen molar-refractivity contribution in [3.05, 3.63) is 29.3 Å². The third-order valence-electron chi connectivity index (χ3n) is 4.42. The summed E-state index contributed by atoms with van der Waals surface area (Å²) in [6.45, 7) is 6.63. The number of guanidine groups is 1. The van der Waals surface area contributed by atoms with E-state index in [0.717, 1.165) is 29.9 Å². The van der Waals surface area contributed by atoms with Gasteiger partial charge in [0.25, 0.3) is 0 Å². The van der Waals surface area contributed by atoms with E-state index in [2.05, 4.69) is 32.5 Å². The Labute approximate surface area is 191 Å². The molecular formula is C19H33IN4O4S. The van der Waals surface area contributed by atoms with Gasteiger partial charge in [-0.1, -0.05) is 12.1 Å². The minimum Gasteiger partial charge on any atom is -0.488 e. The van der Waals surface area contributed by atoms with E-state index < -0.39 is 10.0 Å². The van der Waals surface area contributed by atoms with Crippen LogP contribution in [-0.4, -0.2) is 59.6 Å². The summed E-state index contributed by atoms with van der Waals surface area (Å²) in [5.41, 5.74) is 2.20. The van der Waals surface area contributed by atoms with Crippen LogP contribution in [-0.2, 0) is 21.3 Å². The molecule has 1 atom stereocenters. The number of nitrogens with one attached hydrogen (secondary N) is 3. The molecule has 0 aliphatic carbocycles. The lowest BCUT2D eigenvalue weighted by atomic mass is 10.1. The molecule has 8 nitrogen and oxygen atoms in total. The number of rotatable bonds is 10. The van der Waals surface area contributed by atoms with Gasteiger partial charge in [0, 0.05) is 38.7 Å². The van der Waals surface area contributed by atoms with Crippen LogP contribution in [0.15, 0.2) is 23.2 Å². The van der Waals surface area contributed by atoms with Crippen LogP contribution >= 0.6 is 24.0 Å². The first-order chi connectivity index (χ1) is 13.4. The monoisotopic (exact) mass is 540 g/mol. The second kappa shape index (κ2) is 13.2. The Bertz CT molecular complexity index is 753. The van der Waals surface area contributed by atoms with E-state index in [0.29, 0.717) is 38.6 Å². The molecule has 1 aromatic carbocycles. The number of ether oxygens (including phenoxy) is 2. The Morgan fingerprint density at radius 2 is 2.10 bits per heavy atom. The molecule has 1 heterocycles. The summed E-state index contributed by atoms with van der Waals surface area (Å²) < 4.78 is 36.9. The van der Waals surface area contributed by atoms with Gasteiger partial charge >= 0.3 is 0 Å². The van der Waals surface area contributed by atoms with Crippen molar-refractivity contribution in [3.63, 3.8) is 0 Å². The fraction of sp³-hybridized carbons (Fsp3) is 0.632. The van der Waals surface area contributed by atoms with Crippen LogP contribution in [0.3, 0.4) is 0 Å².